The number of nitrogens with one attached hydrogen (secondary N) is 1. The van der Waals surface area contributed by atoms with Crippen LogP contribution in [0, 0.1) is 6.92 Å². The number of piperidine rings is 1. The van der Waals surface area contributed by atoms with E-state index in [0.29, 0.717) is 18.1 Å². The van der Waals surface area contributed by atoms with Gasteiger partial charge in [0.1, 0.15) is 11.5 Å². The van der Waals surface area contributed by atoms with Gasteiger partial charge >= 0.3 is 6.18 Å². The summed E-state index contributed by atoms with van der Waals surface area (Å²) in [6, 6.07) is 3.63. The summed E-state index contributed by atoms with van der Waals surface area (Å²) in [6.07, 6.45) is 3.27. The van der Waals surface area contributed by atoms with Gasteiger partial charge in [-0.25, -0.2) is 19.9 Å². The molecule has 1 aliphatic heterocycles. The fourth-order valence-electron chi connectivity index (χ4n) is 3.34. The van der Waals surface area contributed by atoms with Gasteiger partial charge < -0.3 is 10.0 Å². The summed E-state index contributed by atoms with van der Waals surface area (Å²) < 4.78 is 40.1. The van der Waals surface area contributed by atoms with Crippen molar-refractivity contribution in [1.82, 2.24) is 34.5 Å². The molecule has 9 nitrogen and oxygen atoms in total. The molecule has 5 rings (SSSR count). The highest BCUT2D eigenvalue weighted by Crippen LogP contribution is 2.29. The maximum atomic E-state index is 12.9. The van der Waals surface area contributed by atoms with Gasteiger partial charge in [-0.2, -0.15) is 18.3 Å². The number of aliphatic hydroxyl groups excluding tert-OH is 1. The van der Waals surface area contributed by atoms with E-state index in [1.807, 2.05) is 17.9 Å². The van der Waals surface area contributed by atoms with E-state index in [1.165, 1.54) is 10.6 Å². The Labute approximate surface area is 181 Å². The quantitative estimate of drug-likeness (QED) is 0.487. The van der Waals surface area contributed by atoms with Crippen LogP contribution in [0.25, 0.3) is 17.2 Å². The molecule has 168 valence electrons. The van der Waals surface area contributed by atoms with E-state index < -0.39 is 18.0 Å². The van der Waals surface area contributed by atoms with E-state index in [9.17, 15) is 18.3 Å². The molecule has 0 amide bonds. The van der Waals surface area contributed by atoms with Crippen molar-refractivity contribution < 1.29 is 18.3 Å². The Morgan fingerprint density at radius 2 is 1.97 bits per heavy atom. The van der Waals surface area contributed by atoms with Crippen LogP contribution in [-0.2, 0) is 6.18 Å². The number of halogens is 3. The number of β-amino-alcohol motifs (C(OH)–C–C–N with tert-alkyl or cyclic N) is 1. The molecule has 0 saturated carbocycles. The van der Waals surface area contributed by atoms with Gasteiger partial charge in [0, 0.05) is 37.4 Å². The molecule has 4 aromatic rings. The highest BCUT2D eigenvalue weighted by atomic mass is 19.4. The second-order valence-electron chi connectivity index (χ2n) is 7.36. The largest absolute Gasteiger partial charge is 0.434 e. The number of H-pyrrole nitrogens is 1. The molecular formula is C20H21F3N8O. The summed E-state index contributed by atoms with van der Waals surface area (Å²) in [5.74, 6) is 0.878. The average molecular weight is 446 g/mol. The number of alkyl halides is 3. The summed E-state index contributed by atoms with van der Waals surface area (Å²) in [5.41, 5.74) is 0.706. The number of hydrogen-bond donors (Lipinski definition) is 2. The van der Waals surface area contributed by atoms with E-state index in [1.54, 1.807) is 18.5 Å². The molecule has 0 radical (unpaired) electrons. The van der Waals surface area contributed by atoms with Crippen molar-refractivity contribution in [3.8, 4) is 11.5 Å². The minimum Gasteiger partial charge on any atom is -0.391 e. The molecular weight excluding hydrogens is 425 g/mol. The smallest absolute Gasteiger partial charge is 0.391 e. The average Bonchev–Trinajstić information content (AvgIpc) is 3.42. The molecule has 0 spiro atoms. The molecule has 0 aliphatic carbocycles. The molecule has 1 saturated heterocycles. The van der Waals surface area contributed by atoms with Crippen LogP contribution in [-0.4, -0.2) is 58.8 Å². The number of nitrogens with zero attached hydrogens (tertiary/aromatic N) is 7. The zero-order chi connectivity index (χ0) is 22.7. The number of fused-ring (bicyclic) bond motifs is 1. The van der Waals surface area contributed by atoms with Crippen LogP contribution in [0.4, 0.5) is 19.0 Å². The molecule has 12 heteroatoms. The van der Waals surface area contributed by atoms with Gasteiger partial charge in [0.25, 0.3) is 0 Å². The Hall–Kier alpha value is -3.54. The van der Waals surface area contributed by atoms with Crippen molar-refractivity contribution >= 4 is 11.5 Å². The van der Waals surface area contributed by atoms with Crippen molar-refractivity contribution in [1.29, 1.82) is 0 Å². The number of imidazole rings is 1. The lowest BCUT2D eigenvalue weighted by Gasteiger charge is -2.31. The molecule has 32 heavy (non-hydrogen) atoms. The second kappa shape index (κ2) is 8.91. The van der Waals surface area contributed by atoms with Crippen LogP contribution in [0.2, 0.25) is 0 Å². The highest BCUT2D eigenvalue weighted by molar-refractivity contribution is 5.58. The number of rotatable bonds is 2. The first kappa shape index (κ1) is 21.7. The van der Waals surface area contributed by atoms with Crippen molar-refractivity contribution in [2.24, 2.45) is 0 Å². The Bertz CT molecular complexity index is 1180. The van der Waals surface area contributed by atoms with Gasteiger partial charge in [-0.15, -0.1) is 0 Å². The fourth-order valence-corrected chi connectivity index (χ4v) is 3.34. The third-order valence-electron chi connectivity index (χ3n) is 4.92. The molecule has 5 heterocycles. The number of aliphatic hydroxyl groups is 1. The summed E-state index contributed by atoms with van der Waals surface area (Å²) in [6.45, 7) is 3.18. The number of aryl methyl sites for hydroxylation is 1. The summed E-state index contributed by atoms with van der Waals surface area (Å²) in [5, 5.41) is 16.3. The number of aromatic nitrogens is 7. The zero-order valence-corrected chi connectivity index (χ0v) is 17.2. The van der Waals surface area contributed by atoms with Gasteiger partial charge in [-0.05, 0) is 31.9 Å². The Balaban J connectivity index is 0.000000354. The van der Waals surface area contributed by atoms with E-state index in [2.05, 4.69) is 30.1 Å². The van der Waals surface area contributed by atoms with E-state index in [4.69, 9.17) is 0 Å². The van der Waals surface area contributed by atoms with Gasteiger partial charge in [-0.3, -0.25) is 9.50 Å². The number of anilines is 1. The molecule has 2 N–H and O–H groups in total. The summed E-state index contributed by atoms with van der Waals surface area (Å²) in [4.78, 5) is 18.0. The maximum absolute atomic E-state index is 12.9. The van der Waals surface area contributed by atoms with Crippen molar-refractivity contribution in [3.63, 3.8) is 0 Å². The lowest BCUT2D eigenvalue weighted by atomic mass is 10.1. The predicted octanol–water partition coefficient (Wildman–Crippen LogP) is 2.88. The predicted molar refractivity (Wildman–Crippen MR) is 110 cm³/mol. The van der Waals surface area contributed by atoms with Crippen LogP contribution in [0.5, 0.6) is 0 Å². The third-order valence-corrected chi connectivity index (χ3v) is 4.92. The lowest BCUT2D eigenvalue weighted by Crippen LogP contribution is -2.38. The third kappa shape index (κ3) is 4.85. The first-order valence-corrected chi connectivity index (χ1v) is 9.94. The zero-order valence-electron chi connectivity index (χ0n) is 17.2. The van der Waals surface area contributed by atoms with Gasteiger partial charge in [0.2, 0.25) is 0 Å². The normalized spacial score (nSPS) is 16.7. The second-order valence-corrected chi connectivity index (χ2v) is 7.36. The molecule has 1 fully saturated rings. The van der Waals surface area contributed by atoms with E-state index in [-0.39, 0.29) is 11.5 Å². The van der Waals surface area contributed by atoms with Crippen LogP contribution < -0.4 is 4.90 Å². The standard InChI is InChI=1S/C16H15F3N6O.C4H6N2/c17-16(18,19)12-9-25-11(6-22-14(25)7-21-12)15-20-4-3-13(23-15)24-5-1-2-10(26)8-24;1-4-2-3-5-6-4/h3-4,6-7,9-10,26H,1-2,5,8H2;2-3H,1H3,(H,5,6). The van der Waals surface area contributed by atoms with Crippen molar-refractivity contribution in [3.05, 3.63) is 54.5 Å². The van der Waals surface area contributed by atoms with Gasteiger partial charge in [-0.1, -0.05) is 0 Å². The Morgan fingerprint density at radius 1 is 1.12 bits per heavy atom. The van der Waals surface area contributed by atoms with Gasteiger partial charge in [0.15, 0.2) is 17.2 Å². The van der Waals surface area contributed by atoms with Gasteiger partial charge in [0.05, 0.1) is 18.5 Å². The number of aromatic amines is 1. The minimum absolute atomic E-state index is 0.259. The molecule has 1 aliphatic rings. The van der Waals surface area contributed by atoms with Crippen molar-refractivity contribution in [2.75, 3.05) is 18.0 Å². The fraction of sp³-hybridized carbons (Fsp3) is 0.350. The van der Waals surface area contributed by atoms with Crippen LogP contribution in [0.3, 0.4) is 0 Å². The van der Waals surface area contributed by atoms with Crippen LogP contribution in [0.1, 0.15) is 24.2 Å². The summed E-state index contributed by atoms with van der Waals surface area (Å²) >= 11 is 0. The molecule has 1 atom stereocenters. The molecule has 0 bridgehead atoms. The molecule has 0 aromatic carbocycles. The van der Waals surface area contributed by atoms with Crippen LogP contribution in [0.15, 0.2) is 43.1 Å². The Kier molecular flexibility index (Phi) is 6.04. The topological polar surface area (TPSA) is 108 Å². The minimum atomic E-state index is -4.55. The van der Waals surface area contributed by atoms with E-state index >= 15 is 0 Å². The lowest BCUT2D eigenvalue weighted by molar-refractivity contribution is -0.141. The molecule has 1 unspecified atom stereocenters. The SMILES string of the molecule is Cc1ccn[nH]1.OC1CCCN(c2ccnc(-c3cnc4cnc(C(F)(F)F)cn34)n2)C1. The summed E-state index contributed by atoms with van der Waals surface area (Å²) in [7, 11) is 0. The maximum Gasteiger partial charge on any atom is 0.434 e. The van der Waals surface area contributed by atoms with Crippen LogP contribution >= 0.6 is 0 Å². The molecule has 4 aromatic heterocycles. The first-order valence-electron chi connectivity index (χ1n) is 9.94. The Morgan fingerprint density at radius 3 is 2.62 bits per heavy atom. The van der Waals surface area contributed by atoms with Crippen molar-refractivity contribution in [2.45, 2.75) is 32.0 Å². The van der Waals surface area contributed by atoms with E-state index in [0.717, 1.165) is 37.5 Å². The highest BCUT2D eigenvalue weighted by Gasteiger charge is 2.33. The number of hydrogen-bond acceptors (Lipinski definition) is 7. The first-order chi connectivity index (χ1) is 15.3. The monoisotopic (exact) mass is 446 g/mol.